The molecule has 1 aromatic heterocycles. The van der Waals surface area contributed by atoms with E-state index in [1.165, 1.54) is 0 Å². The van der Waals surface area contributed by atoms with Crippen molar-refractivity contribution in [2.45, 2.75) is 24.8 Å². The van der Waals surface area contributed by atoms with Crippen molar-refractivity contribution in [2.24, 2.45) is 5.41 Å². The number of nitrogens with one attached hydrogen (secondary N) is 2. The monoisotopic (exact) mass is 451 g/mol. The quantitative estimate of drug-likeness (QED) is 0.351. The lowest BCUT2D eigenvalue weighted by Gasteiger charge is -2.52. The Morgan fingerprint density at radius 3 is 2.21 bits per heavy atom. The molecule has 8 nitrogen and oxygen atoms in total. The summed E-state index contributed by atoms with van der Waals surface area (Å²) in [7, 11) is 0. The van der Waals surface area contributed by atoms with Crippen LogP contribution in [0, 0.1) is 15.5 Å². The third kappa shape index (κ3) is 2.62. The molecule has 1 atom stereocenters. The molecule has 2 bridgehead atoms. The van der Waals surface area contributed by atoms with Crippen LogP contribution in [0.4, 0.5) is 5.95 Å². The normalized spacial score (nSPS) is 24.2. The van der Waals surface area contributed by atoms with E-state index in [4.69, 9.17) is 0 Å². The van der Waals surface area contributed by atoms with Crippen molar-refractivity contribution >= 4 is 11.9 Å². The van der Waals surface area contributed by atoms with E-state index in [1.807, 2.05) is 85.8 Å². The lowest BCUT2D eigenvalue weighted by Crippen LogP contribution is -2.57. The summed E-state index contributed by atoms with van der Waals surface area (Å²) in [4.78, 5) is 30.7. The van der Waals surface area contributed by atoms with Gasteiger partial charge in [0.25, 0.3) is 5.54 Å². The van der Waals surface area contributed by atoms with Gasteiger partial charge in [-0.15, -0.1) is 0 Å². The summed E-state index contributed by atoms with van der Waals surface area (Å²) in [6.45, 7) is 1.81. The SMILES string of the molecule is CC1(C(=O)Nc2nc(-c3ccccc3)n[nH]2)CC2([N+](=O)[O-])c3ccccc3C1c1ccccc12. The Bertz CT molecular complexity index is 1400. The summed E-state index contributed by atoms with van der Waals surface area (Å²) >= 11 is 0. The predicted molar refractivity (Wildman–Crippen MR) is 126 cm³/mol. The van der Waals surface area contributed by atoms with Crippen LogP contribution in [0.25, 0.3) is 11.4 Å². The number of hydrogen-bond donors (Lipinski definition) is 2. The molecular formula is C26H21N5O3. The molecule has 1 heterocycles. The Morgan fingerprint density at radius 2 is 1.59 bits per heavy atom. The number of aromatic amines is 1. The largest absolute Gasteiger partial charge is 0.294 e. The van der Waals surface area contributed by atoms with Crippen LogP contribution in [0.1, 0.15) is 41.5 Å². The number of anilines is 1. The zero-order valence-electron chi connectivity index (χ0n) is 18.4. The minimum Gasteiger partial charge on any atom is -0.294 e. The molecule has 7 rings (SSSR count). The fraction of sp³-hybridized carbons (Fsp3) is 0.192. The zero-order valence-corrected chi connectivity index (χ0v) is 18.4. The number of fused-ring (bicyclic) bond motifs is 1. The van der Waals surface area contributed by atoms with Crippen LogP contribution in [0.5, 0.6) is 0 Å². The van der Waals surface area contributed by atoms with Crippen molar-refractivity contribution in [3.05, 3.63) is 111 Å². The van der Waals surface area contributed by atoms with Crippen LogP contribution in [-0.2, 0) is 10.3 Å². The smallest absolute Gasteiger partial charge is 0.273 e. The highest BCUT2D eigenvalue weighted by Gasteiger charge is 2.67. The maximum Gasteiger partial charge on any atom is 0.273 e. The molecular weight excluding hydrogens is 430 g/mol. The summed E-state index contributed by atoms with van der Waals surface area (Å²) in [5, 5.41) is 22.6. The van der Waals surface area contributed by atoms with E-state index in [0.29, 0.717) is 17.0 Å². The second kappa shape index (κ2) is 7.08. The van der Waals surface area contributed by atoms with Crippen LogP contribution in [-0.4, -0.2) is 26.0 Å². The molecule has 0 aliphatic heterocycles. The number of H-pyrrole nitrogens is 1. The molecule has 1 unspecified atom stereocenters. The zero-order chi connectivity index (χ0) is 23.5. The van der Waals surface area contributed by atoms with Crippen molar-refractivity contribution in [2.75, 3.05) is 5.32 Å². The first-order valence-corrected chi connectivity index (χ1v) is 11.1. The van der Waals surface area contributed by atoms with Crippen molar-refractivity contribution < 1.29 is 9.72 Å². The lowest BCUT2D eigenvalue weighted by atomic mass is 9.49. The minimum absolute atomic E-state index is 0.0528. The molecule has 0 fully saturated rings. The first kappa shape index (κ1) is 20.3. The highest BCUT2D eigenvalue weighted by Crippen LogP contribution is 2.63. The van der Waals surface area contributed by atoms with Crippen LogP contribution in [0.15, 0.2) is 78.9 Å². The predicted octanol–water partition coefficient (Wildman–Crippen LogP) is 4.49. The topological polar surface area (TPSA) is 114 Å². The maximum absolute atomic E-state index is 13.8. The molecule has 3 aliphatic rings. The summed E-state index contributed by atoms with van der Waals surface area (Å²) in [6, 6.07) is 24.3. The van der Waals surface area contributed by atoms with Gasteiger partial charge in [0.15, 0.2) is 5.82 Å². The molecule has 168 valence electrons. The van der Waals surface area contributed by atoms with Crippen molar-refractivity contribution in [3.63, 3.8) is 0 Å². The van der Waals surface area contributed by atoms with Crippen molar-refractivity contribution in [1.82, 2.24) is 15.2 Å². The molecule has 4 aromatic rings. The molecule has 0 radical (unpaired) electrons. The van der Waals surface area contributed by atoms with Gasteiger partial charge in [-0.2, -0.15) is 10.1 Å². The molecule has 8 heteroatoms. The van der Waals surface area contributed by atoms with Gasteiger partial charge >= 0.3 is 0 Å². The Morgan fingerprint density at radius 1 is 1.00 bits per heavy atom. The molecule has 3 aromatic carbocycles. The van der Waals surface area contributed by atoms with Crippen LogP contribution >= 0.6 is 0 Å². The third-order valence-corrected chi connectivity index (χ3v) is 7.27. The average Bonchev–Trinajstić information content (AvgIpc) is 3.33. The average molecular weight is 451 g/mol. The number of aromatic nitrogens is 3. The summed E-state index contributed by atoms with van der Waals surface area (Å²) in [5.74, 6) is 0.0219. The van der Waals surface area contributed by atoms with Crippen molar-refractivity contribution in [3.8, 4) is 11.4 Å². The van der Waals surface area contributed by atoms with E-state index in [9.17, 15) is 14.9 Å². The van der Waals surface area contributed by atoms with Gasteiger partial charge in [0, 0.05) is 34.0 Å². The van der Waals surface area contributed by atoms with Gasteiger partial charge in [0.1, 0.15) is 0 Å². The first-order chi connectivity index (χ1) is 16.4. The van der Waals surface area contributed by atoms with Gasteiger partial charge in [-0.05, 0) is 18.1 Å². The van der Waals surface area contributed by atoms with Crippen LogP contribution in [0.3, 0.4) is 0 Å². The Hall–Kier alpha value is -4.33. The Labute approximate surface area is 195 Å². The van der Waals surface area contributed by atoms with Gasteiger partial charge < -0.3 is 0 Å². The summed E-state index contributed by atoms with van der Waals surface area (Å²) < 4.78 is 0. The van der Waals surface area contributed by atoms with Crippen LogP contribution < -0.4 is 5.32 Å². The van der Waals surface area contributed by atoms with Crippen molar-refractivity contribution in [1.29, 1.82) is 0 Å². The molecule has 0 spiro atoms. The number of hydrogen-bond acceptors (Lipinski definition) is 5. The number of nitrogens with zero attached hydrogens (tertiary/aromatic N) is 3. The first-order valence-electron chi connectivity index (χ1n) is 11.1. The molecule has 34 heavy (non-hydrogen) atoms. The maximum atomic E-state index is 13.8. The fourth-order valence-electron chi connectivity index (χ4n) is 5.83. The number of carbonyl (C=O) groups excluding carboxylic acids is 1. The number of carbonyl (C=O) groups is 1. The van der Waals surface area contributed by atoms with Gasteiger partial charge in [-0.1, -0.05) is 78.9 Å². The van der Waals surface area contributed by atoms with Gasteiger partial charge in [0.05, 0.1) is 5.41 Å². The van der Waals surface area contributed by atoms with E-state index in [-0.39, 0.29) is 29.1 Å². The van der Waals surface area contributed by atoms with E-state index in [0.717, 1.165) is 16.7 Å². The summed E-state index contributed by atoms with van der Waals surface area (Å²) in [6.07, 6.45) is 0.0528. The lowest BCUT2D eigenvalue weighted by molar-refractivity contribution is -0.573. The van der Waals surface area contributed by atoms with Crippen LogP contribution in [0.2, 0.25) is 0 Å². The summed E-state index contributed by atoms with van der Waals surface area (Å²) in [5.41, 5.74) is 1.23. The molecule has 2 N–H and O–H groups in total. The number of amides is 1. The third-order valence-electron chi connectivity index (χ3n) is 7.27. The van der Waals surface area contributed by atoms with Gasteiger partial charge in [-0.3, -0.25) is 20.2 Å². The Kier molecular flexibility index (Phi) is 4.23. The molecule has 0 saturated heterocycles. The second-order valence-corrected chi connectivity index (χ2v) is 9.15. The van der Waals surface area contributed by atoms with Gasteiger partial charge in [0.2, 0.25) is 11.9 Å². The fourth-order valence-corrected chi connectivity index (χ4v) is 5.83. The standard InChI is InChI=1S/C26H21N5O3/c1-25(23(32)28-24-27-22(29-30-24)16-9-3-2-4-10-16)15-26(31(33)34)19-13-7-5-11-17(19)21(25)18-12-6-8-14-20(18)26/h2-14,21H,15H2,1H3,(H2,27,28,29,30,32). The van der Waals surface area contributed by atoms with Gasteiger partial charge in [-0.25, -0.2) is 5.10 Å². The van der Waals surface area contributed by atoms with E-state index in [2.05, 4.69) is 20.5 Å². The van der Waals surface area contributed by atoms with E-state index in [1.54, 1.807) is 0 Å². The Balaban J connectivity index is 1.44. The molecule has 1 amide bonds. The number of nitro groups is 1. The minimum atomic E-state index is -1.50. The molecule has 3 aliphatic carbocycles. The highest BCUT2D eigenvalue weighted by atomic mass is 16.6. The molecule has 0 saturated carbocycles. The highest BCUT2D eigenvalue weighted by molar-refractivity contribution is 5.96. The number of rotatable bonds is 4. The van der Waals surface area contributed by atoms with E-state index >= 15 is 0 Å². The van der Waals surface area contributed by atoms with E-state index < -0.39 is 11.0 Å². The number of benzene rings is 3. The second-order valence-electron chi connectivity index (χ2n) is 9.15.